The van der Waals surface area contributed by atoms with E-state index in [9.17, 15) is 13.8 Å². The smallest absolute Gasteiger partial charge is 0.251 e. The van der Waals surface area contributed by atoms with Gasteiger partial charge in [-0.2, -0.15) is 0 Å². The maximum absolute atomic E-state index is 13.1. The molecule has 1 aliphatic rings. The quantitative estimate of drug-likeness (QED) is 0.608. The molecule has 4 rings (SSSR count). The molecule has 31 heavy (non-hydrogen) atoms. The summed E-state index contributed by atoms with van der Waals surface area (Å²) in [5.74, 6) is -0.680. The maximum atomic E-state index is 13.1. The molecule has 1 amide bonds. The van der Waals surface area contributed by atoms with Crippen molar-refractivity contribution in [2.24, 2.45) is 0 Å². The molecule has 1 atom stereocenters. The number of aromatic nitrogens is 1. The van der Waals surface area contributed by atoms with Gasteiger partial charge in [-0.25, -0.2) is 4.21 Å². The fraction of sp³-hybridized carbons (Fsp3) is 0.0870. The Morgan fingerprint density at radius 1 is 1.19 bits per heavy atom. The number of ketones is 1. The van der Waals surface area contributed by atoms with Gasteiger partial charge in [0.2, 0.25) is 5.78 Å². The normalized spacial score (nSPS) is 16.8. The van der Waals surface area contributed by atoms with E-state index in [4.69, 9.17) is 11.6 Å². The number of carbonyl (C=O) groups is 2. The summed E-state index contributed by atoms with van der Waals surface area (Å²) < 4.78 is 14.4. The van der Waals surface area contributed by atoms with Gasteiger partial charge in [0.15, 0.2) is 11.0 Å². The Morgan fingerprint density at radius 3 is 2.68 bits per heavy atom. The minimum atomic E-state index is -1.66. The van der Waals surface area contributed by atoms with E-state index in [1.165, 1.54) is 4.31 Å². The lowest BCUT2D eigenvalue weighted by Crippen LogP contribution is -2.32. The van der Waals surface area contributed by atoms with Gasteiger partial charge in [-0.3, -0.25) is 18.9 Å². The average Bonchev–Trinajstić information content (AvgIpc) is 2.80. The third-order valence-corrected chi connectivity index (χ3v) is 6.47. The second-order valence-corrected chi connectivity index (χ2v) is 8.83. The van der Waals surface area contributed by atoms with Crippen LogP contribution in [-0.4, -0.2) is 27.9 Å². The summed E-state index contributed by atoms with van der Waals surface area (Å²) in [5.41, 5.74) is 2.77. The van der Waals surface area contributed by atoms with Crippen LogP contribution in [0.3, 0.4) is 0 Å². The number of nitrogens with one attached hydrogen (secondary N) is 1. The minimum absolute atomic E-state index is 0.144. The van der Waals surface area contributed by atoms with Crippen LogP contribution in [0, 0.1) is 0 Å². The van der Waals surface area contributed by atoms with Crippen molar-refractivity contribution in [3.8, 4) is 0 Å². The molecule has 2 heterocycles. The first-order chi connectivity index (χ1) is 14.9. The zero-order valence-corrected chi connectivity index (χ0v) is 18.1. The lowest BCUT2D eigenvalue weighted by Gasteiger charge is -2.27. The number of amides is 1. The van der Waals surface area contributed by atoms with Crippen LogP contribution < -0.4 is 9.62 Å². The Labute approximate surface area is 187 Å². The van der Waals surface area contributed by atoms with Crippen LogP contribution in [-0.2, 0) is 17.5 Å². The van der Waals surface area contributed by atoms with Gasteiger partial charge in [-0.05, 0) is 53.6 Å². The lowest BCUT2D eigenvalue weighted by atomic mass is 10.0. The van der Waals surface area contributed by atoms with Crippen LogP contribution >= 0.6 is 11.6 Å². The molecule has 0 aliphatic carbocycles. The molecule has 3 aromatic rings. The van der Waals surface area contributed by atoms with Gasteiger partial charge in [-0.15, -0.1) is 0 Å². The van der Waals surface area contributed by atoms with E-state index in [0.717, 1.165) is 5.56 Å². The molecule has 0 spiro atoms. The number of nitrogens with zero attached hydrogens (tertiary/aromatic N) is 2. The van der Waals surface area contributed by atoms with E-state index in [1.807, 2.05) is 6.07 Å². The summed E-state index contributed by atoms with van der Waals surface area (Å²) in [6.07, 6.45) is 4.92. The van der Waals surface area contributed by atoms with Crippen LogP contribution in [0.2, 0.25) is 5.02 Å². The van der Waals surface area contributed by atoms with Crippen LogP contribution in [0.1, 0.15) is 31.8 Å². The number of anilines is 1. The molecule has 0 fully saturated rings. The van der Waals surface area contributed by atoms with E-state index in [-0.39, 0.29) is 16.6 Å². The summed E-state index contributed by atoms with van der Waals surface area (Å²) in [7, 11) is -0.00924. The summed E-state index contributed by atoms with van der Waals surface area (Å²) in [4.78, 5) is 29.9. The molecule has 6 nitrogen and oxygen atoms in total. The van der Waals surface area contributed by atoms with E-state index in [2.05, 4.69) is 10.3 Å². The summed E-state index contributed by atoms with van der Waals surface area (Å²) in [6.45, 7) is 0.323. The molecule has 1 aromatic heterocycles. The molecule has 156 valence electrons. The summed E-state index contributed by atoms with van der Waals surface area (Å²) in [5, 5.41) is 3.39. The third kappa shape index (κ3) is 4.42. The number of pyridine rings is 1. The second kappa shape index (κ2) is 8.83. The van der Waals surface area contributed by atoms with E-state index >= 15 is 0 Å². The number of benzene rings is 2. The Bertz CT molecular complexity index is 1210. The topological polar surface area (TPSA) is 79.4 Å². The highest BCUT2D eigenvalue weighted by Gasteiger charge is 2.32. The predicted molar refractivity (Wildman–Crippen MR) is 122 cm³/mol. The number of carbonyl (C=O) groups excluding carboxylic acids is 2. The fourth-order valence-corrected chi connectivity index (χ4v) is 4.46. The van der Waals surface area contributed by atoms with Crippen molar-refractivity contribution in [2.45, 2.75) is 6.54 Å². The Kier molecular flexibility index (Phi) is 5.97. The van der Waals surface area contributed by atoms with Crippen molar-refractivity contribution in [2.75, 3.05) is 11.4 Å². The van der Waals surface area contributed by atoms with Crippen molar-refractivity contribution < 1.29 is 13.8 Å². The molecular weight excluding hydrogens is 434 g/mol. The van der Waals surface area contributed by atoms with Gasteiger partial charge >= 0.3 is 0 Å². The molecule has 0 saturated carbocycles. The highest BCUT2D eigenvalue weighted by molar-refractivity contribution is 7.91. The highest BCUT2D eigenvalue weighted by atomic mass is 35.5. The SMILES string of the molecule is CN1c2ccc(C(=O)NCc3cccnc3)cc2C(=O)/C(=C\c2ccc(Cl)cc2)S1=O. The summed E-state index contributed by atoms with van der Waals surface area (Å²) in [6, 6.07) is 15.4. The number of fused-ring (bicyclic) bond motifs is 1. The number of halogens is 1. The molecule has 1 unspecified atom stereocenters. The van der Waals surface area contributed by atoms with Gasteiger partial charge in [0.05, 0.1) is 5.69 Å². The van der Waals surface area contributed by atoms with E-state index in [1.54, 1.807) is 74.0 Å². The standard InChI is InChI=1S/C23H18ClN3O3S/c1-27-20-9-6-17(23(29)26-14-16-3-2-10-25-13-16)12-19(20)22(28)21(31(27)30)11-15-4-7-18(24)8-5-15/h2-13H,14H2,1H3,(H,26,29)/b21-11+. The fourth-order valence-electron chi connectivity index (χ4n) is 3.20. The first-order valence-electron chi connectivity index (χ1n) is 9.43. The van der Waals surface area contributed by atoms with Crippen molar-refractivity contribution in [1.29, 1.82) is 0 Å². The molecule has 8 heteroatoms. The highest BCUT2D eigenvalue weighted by Crippen LogP contribution is 2.33. The van der Waals surface area contributed by atoms with Gasteiger partial charge < -0.3 is 5.32 Å². The minimum Gasteiger partial charge on any atom is -0.348 e. The zero-order valence-electron chi connectivity index (χ0n) is 16.5. The predicted octanol–water partition coefficient (Wildman–Crippen LogP) is 4.00. The molecular formula is C23H18ClN3O3S. The van der Waals surface area contributed by atoms with E-state index in [0.29, 0.717) is 33.9 Å². The van der Waals surface area contributed by atoms with Gasteiger partial charge in [-0.1, -0.05) is 29.8 Å². The Hall–Kier alpha value is -3.29. The number of allylic oxidation sites excluding steroid dienone is 1. The van der Waals surface area contributed by atoms with Crippen molar-refractivity contribution >= 4 is 46.0 Å². The second-order valence-electron chi connectivity index (χ2n) is 6.91. The zero-order chi connectivity index (χ0) is 22.0. The molecule has 1 aliphatic heterocycles. The maximum Gasteiger partial charge on any atom is 0.251 e. The monoisotopic (exact) mass is 451 g/mol. The Morgan fingerprint density at radius 2 is 1.97 bits per heavy atom. The van der Waals surface area contributed by atoms with Crippen LogP contribution in [0.5, 0.6) is 0 Å². The molecule has 1 N–H and O–H groups in total. The third-order valence-electron chi connectivity index (χ3n) is 4.85. The van der Waals surface area contributed by atoms with Gasteiger partial charge in [0.25, 0.3) is 5.91 Å². The van der Waals surface area contributed by atoms with Crippen molar-refractivity contribution in [3.63, 3.8) is 0 Å². The lowest BCUT2D eigenvalue weighted by molar-refractivity contribution is 0.0951. The van der Waals surface area contributed by atoms with Crippen LogP contribution in [0.25, 0.3) is 6.08 Å². The van der Waals surface area contributed by atoms with Crippen molar-refractivity contribution in [1.82, 2.24) is 10.3 Å². The van der Waals surface area contributed by atoms with Crippen LogP contribution in [0.15, 0.2) is 71.9 Å². The molecule has 0 radical (unpaired) electrons. The number of rotatable bonds is 4. The average molecular weight is 452 g/mol. The van der Waals surface area contributed by atoms with Crippen molar-refractivity contribution in [3.05, 3.63) is 99.2 Å². The first kappa shape index (κ1) is 21.0. The Balaban J connectivity index is 1.62. The largest absolute Gasteiger partial charge is 0.348 e. The first-order valence-corrected chi connectivity index (χ1v) is 10.9. The number of hydrogen-bond acceptors (Lipinski definition) is 4. The molecule has 0 saturated heterocycles. The van der Waals surface area contributed by atoms with E-state index < -0.39 is 11.0 Å². The van der Waals surface area contributed by atoms with Gasteiger partial charge in [0.1, 0.15) is 4.91 Å². The van der Waals surface area contributed by atoms with Gasteiger partial charge in [0, 0.05) is 42.1 Å². The number of hydrogen-bond donors (Lipinski definition) is 1. The summed E-state index contributed by atoms with van der Waals surface area (Å²) >= 11 is 5.92. The molecule has 2 aromatic carbocycles. The number of Topliss-reactive ketones (excluding diaryl/α,β-unsaturated/α-hetero) is 1. The molecule has 0 bridgehead atoms. The van der Waals surface area contributed by atoms with Crippen LogP contribution in [0.4, 0.5) is 5.69 Å².